The molecule has 0 spiro atoms. The van der Waals surface area contributed by atoms with Gasteiger partial charge in [0, 0.05) is 6.42 Å². The third-order valence-corrected chi connectivity index (χ3v) is 4.63. The third kappa shape index (κ3) is 2.52. The van der Waals surface area contributed by atoms with Gasteiger partial charge in [-0.05, 0) is 23.8 Å². The number of nitrogens with zero attached hydrogens (tertiary/aromatic N) is 4. The lowest BCUT2D eigenvalue weighted by molar-refractivity contribution is 0.416. The number of ether oxygens (including phenoxy) is 1. The molecule has 0 N–H and O–H groups in total. The summed E-state index contributed by atoms with van der Waals surface area (Å²) in [6.45, 7) is 0. The zero-order chi connectivity index (χ0) is 16.5. The molecule has 120 valence electrons. The highest BCUT2D eigenvalue weighted by Gasteiger charge is 2.16. The van der Waals surface area contributed by atoms with Crippen LogP contribution in [0.1, 0.15) is 11.4 Å². The molecule has 0 bridgehead atoms. The maximum Gasteiger partial charge on any atom is 0.234 e. The average molecular weight is 340 g/mol. The summed E-state index contributed by atoms with van der Waals surface area (Å²) in [6.07, 6.45) is 0.336. The summed E-state index contributed by atoms with van der Waals surface area (Å²) in [5, 5.41) is 13.7. The first-order chi connectivity index (χ1) is 11.8. The molecule has 4 aromatic rings. The summed E-state index contributed by atoms with van der Waals surface area (Å²) in [5.41, 5.74) is 1.46. The number of rotatable bonds is 4. The molecule has 0 radical (unpaired) electrons. The first-order valence-electron chi connectivity index (χ1n) is 7.34. The Morgan fingerprint density at radius 2 is 1.88 bits per heavy atom. The molecule has 2 aromatic heterocycles. The fourth-order valence-corrected chi connectivity index (χ4v) is 3.40. The van der Waals surface area contributed by atoms with E-state index in [1.165, 1.54) is 17.4 Å². The second-order valence-corrected chi connectivity index (χ2v) is 6.14. The highest BCUT2D eigenvalue weighted by Crippen LogP contribution is 2.32. The van der Waals surface area contributed by atoms with Crippen molar-refractivity contribution < 1.29 is 9.13 Å². The van der Waals surface area contributed by atoms with Gasteiger partial charge in [0.15, 0.2) is 10.8 Å². The fraction of sp³-hybridized carbons (Fsp3) is 0.118. The first kappa shape index (κ1) is 14.8. The summed E-state index contributed by atoms with van der Waals surface area (Å²) < 4.78 is 20.9. The molecule has 0 fully saturated rings. The van der Waals surface area contributed by atoms with Crippen LogP contribution in [0.15, 0.2) is 48.5 Å². The number of hydrogen-bond donors (Lipinski definition) is 0. The van der Waals surface area contributed by atoms with Crippen molar-refractivity contribution >= 4 is 16.3 Å². The molecular weight excluding hydrogens is 327 g/mol. The van der Waals surface area contributed by atoms with Crippen molar-refractivity contribution in [2.45, 2.75) is 6.42 Å². The van der Waals surface area contributed by atoms with Gasteiger partial charge >= 0.3 is 0 Å². The van der Waals surface area contributed by atoms with Crippen molar-refractivity contribution in [3.63, 3.8) is 0 Å². The Balaban J connectivity index is 1.75. The second-order valence-electron chi connectivity index (χ2n) is 5.19. The van der Waals surface area contributed by atoms with Gasteiger partial charge in [-0.1, -0.05) is 41.7 Å². The zero-order valence-corrected chi connectivity index (χ0v) is 13.6. The van der Waals surface area contributed by atoms with E-state index in [1.54, 1.807) is 29.8 Å². The molecule has 0 unspecified atom stereocenters. The minimum atomic E-state index is -0.255. The number of hydrogen-bond acceptors (Lipinski definition) is 5. The van der Waals surface area contributed by atoms with E-state index in [1.807, 2.05) is 24.3 Å². The van der Waals surface area contributed by atoms with Gasteiger partial charge in [-0.15, -0.1) is 10.2 Å². The lowest BCUT2D eigenvalue weighted by Gasteiger charge is -2.04. The van der Waals surface area contributed by atoms with Crippen molar-refractivity contribution in [2.75, 3.05) is 7.11 Å². The summed E-state index contributed by atoms with van der Waals surface area (Å²) in [5.74, 6) is 1.10. The predicted octanol–water partition coefficient (Wildman–Crippen LogP) is 3.59. The van der Waals surface area contributed by atoms with E-state index in [0.717, 1.165) is 16.3 Å². The topological polar surface area (TPSA) is 52.3 Å². The van der Waals surface area contributed by atoms with Crippen LogP contribution in [0.25, 0.3) is 15.5 Å². The highest BCUT2D eigenvalue weighted by molar-refractivity contribution is 7.19. The van der Waals surface area contributed by atoms with Crippen molar-refractivity contribution in [1.29, 1.82) is 0 Å². The van der Waals surface area contributed by atoms with Gasteiger partial charge < -0.3 is 4.74 Å². The quantitative estimate of drug-likeness (QED) is 0.570. The molecule has 0 aliphatic carbocycles. The van der Waals surface area contributed by atoms with Gasteiger partial charge in [0.25, 0.3) is 0 Å². The van der Waals surface area contributed by atoms with Crippen molar-refractivity contribution in [2.24, 2.45) is 0 Å². The molecule has 24 heavy (non-hydrogen) atoms. The van der Waals surface area contributed by atoms with Crippen LogP contribution < -0.4 is 4.74 Å². The Kier molecular flexibility index (Phi) is 3.70. The van der Waals surface area contributed by atoms with Gasteiger partial charge in [0.2, 0.25) is 4.96 Å². The number of aromatic nitrogens is 4. The van der Waals surface area contributed by atoms with Crippen LogP contribution >= 0.6 is 11.3 Å². The van der Waals surface area contributed by atoms with E-state index in [2.05, 4.69) is 15.3 Å². The van der Waals surface area contributed by atoms with E-state index in [9.17, 15) is 4.39 Å². The van der Waals surface area contributed by atoms with Crippen LogP contribution in [-0.2, 0) is 6.42 Å². The Labute approximate surface area is 141 Å². The number of halogens is 1. The summed E-state index contributed by atoms with van der Waals surface area (Å²) in [7, 11) is 1.63. The monoisotopic (exact) mass is 340 g/mol. The van der Waals surface area contributed by atoms with Crippen LogP contribution in [0.5, 0.6) is 5.75 Å². The molecule has 7 heteroatoms. The zero-order valence-electron chi connectivity index (χ0n) is 12.8. The SMILES string of the molecule is COc1ccccc1-c1nn2c(Cc3ccccc3F)nnc2s1. The Morgan fingerprint density at radius 3 is 2.71 bits per heavy atom. The predicted molar refractivity (Wildman–Crippen MR) is 89.9 cm³/mol. The van der Waals surface area contributed by atoms with E-state index in [-0.39, 0.29) is 5.82 Å². The fourth-order valence-electron chi connectivity index (χ4n) is 2.51. The van der Waals surface area contributed by atoms with Crippen LogP contribution in [0.4, 0.5) is 4.39 Å². The summed E-state index contributed by atoms with van der Waals surface area (Å²) >= 11 is 1.42. The van der Waals surface area contributed by atoms with Gasteiger partial charge in [0.05, 0.1) is 12.7 Å². The molecule has 0 amide bonds. The molecule has 2 aromatic carbocycles. The standard InChI is InChI=1S/C17H13FN4OS/c1-23-14-9-5-3-7-12(14)16-21-22-15(19-20-17(22)24-16)10-11-6-2-4-8-13(11)18/h2-9H,10H2,1H3. The van der Waals surface area contributed by atoms with E-state index < -0.39 is 0 Å². The molecule has 2 heterocycles. The van der Waals surface area contributed by atoms with Gasteiger partial charge in [-0.3, -0.25) is 0 Å². The number of fused-ring (bicyclic) bond motifs is 1. The molecule has 0 aliphatic heterocycles. The second kappa shape index (κ2) is 6.01. The molecule has 0 saturated heterocycles. The van der Waals surface area contributed by atoms with Crippen LogP contribution in [-0.4, -0.2) is 26.9 Å². The lowest BCUT2D eigenvalue weighted by Crippen LogP contribution is -1.99. The average Bonchev–Trinajstić information content (AvgIpc) is 3.18. The summed E-state index contributed by atoms with van der Waals surface area (Å²) in [6, 6.07) is 14.3. The van der Waals surface area contributed by atoms with Crippen molar-refractivity contribution in [3.05, 3.63) is 65.7 Å². The van der Waals surface area contributed by atoms with E-state index >= 15 is 0 Å². The minimum absolute atomic E-state index is 0.255. The summed E-state index contributed by atoms with van der Waals surface area (Å²) in [4.78, 5) is 0.669. The maximum atomic E-state index is 13.9. The smallest absolute Gasteiger partial charge is 0.234 e. The number of benzene rings is 2. The normalized spacial score (nSPS) is 11.1. The van der Waals surface area contributed by atoms with E-state index in [4.69, 9.17) is 4.74 Å². The van der Waals surface area contributed by atoms with Crippen molar-refractivity contribution in [1.82, 2.24) is 19.8 Å². The first-order valence-corrected chi connectivity index (χ1v) is 8.16. The Bertz CT molecular complexity index is 1010. The molecule has 5 nitrogen and oxygen atoms in total. The highest BCUT2D eigenvalue weighted by atomic mass is 32.1. The van der Waals surface area contributed by atoms with Crippen LogP contribution in [0.3, 0.4) is 0 Å². The molecule has 0 atom stereocenters. The number of methoxy groups -OCH3 is 1. The number of para-hydroxylation sites is 1. The lowest BCUT2D eigenvalue weighted by atomic mass is 10.1. The van der Waals surface area contributed by atoms with Gasteiger partial charge in [-0.2, -0.15) is 9.61 Å². The van der Waals surface area contributed by atoms with Crippen LogP contribution in [0, 0.1) is 5.82 Å². The molecule has 0 saturated carbocycles. The van der Waals surface area contributed by atoms with Gasteiger partial charge in [0.1, 0.15) is 11.6 Å². The maximum absolute atomic E-state index is 13.9. The molecular formula is C17H13FN4OS. The van der Waals surface area contributed by atoms with Crippen molar-refractivity contribution in [3.8, 4) is 16.3 Å². The van der Waals surface area contributed by atoms with Crippen LogP contribution in [0.2, 0.25) is 0 Å². The Morgan fingerprint density at radius 1 is 1.08 bits per heavy atom. The van der Waals surface area contributed by atoms with Gasteiger partial charge in [-0.25, -0.2) is 4.39 Å². The van der Waals surface area contributed by atoms with E-state index in [0.29, 0.717) is 22.8 Å². The minimum Gasteiger partial charge on any atom is -0.496 e. The third-order valence-electron chi connectivity index (χ3n) is 3.70. The molecule has 0 aliphatic rings. The molecule has 4 rings (SSSR count). The largest absolute Gasteiger partial charge is 0.496 e. The Hall–Kier alpha value is -2.80.